The maximum absolute atomic E-state index is 13.5. The number of fused-ring (bicyclic) bond motifs is 1. The first-order chi connectivity index (χ1) is 10.1. The van der Waals surface area contributed by atoms with Gasteiger partial charge in [0, 0.05) is 23.2 Å². The van der Waals surface area contributed by atoms with Crippen molar-refractivity contribution in [3.05, 3.63) is 69.5 Å². The van der Waals surface area contributed by atoms with Crippen LogP contribution in [0.4, 0.5) is 10.1 Å². The lowest BCUT2D eigenvalue weighted by Gasteiger charge is -2.10. The van der Waals surface area contributed by atoms with Crippen LogP contribution in [0.1, 0.15) is 5.56 Å². The number of anilines is 1. The molecule has 0 aliphatic rings. The Morgan fingerprint density at radius 2 is 2.05 bits per heavy atom. The molecule has 0 unspecified atom stereocenters. The summed E-state index contributed by atoms with van der Waals surface area (Å²) in [4.78, 5) is 4.36. The van der Waals surface area contributed by atoms with Crippen LogP contribution in [-0.2, 0) is 6.54 Å². The lowest BCUT2D eigenvalue weighted by atomic mass is 10.1. The summed E-state index contributed by atoms with van der Waals surface area (Å²) in [6.45, 7) is 0.496. The SMILES string of the molecule is Fc1cc(CNc2cc(Cl)cc3cccnc23)ccc1Br. The summed E-state index contributed by atoms with van der Waals surface area (Å²) in [5.41, 5.74) is 2.53. The third-order valence-electron chi connectivity index (χ3n) is 3.14. The molecule has 5 heteroatoms. The summed E-state index contributed by atoms with van der Waals surface area (Å²) in [6.07, 6.45) is 1.74. The summed E-state index contributed by atoms with van der Waals surface area (Å²) in [7, 11) is 0. The standard InChI is InChI=1S/C16H11BrClFN2/c17-13-4-3-10(6-14(13)19)9-21-15-8-12(18)7-11-2-1-5-20-16(11)15/h1-8,21H,9H2. The fourth-order valence-corrected chi connectivity index (χ4v) is 2.61. The van der Waals surface area contributed by atoms with Gasteiger partial charge in [0.2, 0.25) is 0 Å². The molecule has 21 heavy (non-hydrogen) atoms. The van der Waals surface area contributed by atoms with Crippen LogP contribution in [0.15, 0.2) is 53.1 Å². The van der Waals surface area contributed by atoms with E-state index in [2.05, 4.69) is 26.2 Å². The lowest BCUT2D eigenvalue weighted by molar-refractivity contribution is 0.619. The van der Waals surface area contributed by atoms with Gasteiger partial charge in [-0.1, -0.05) is 23.7 Å². The third kappa shape index (κ3) is 3.17. The molecule has 0 aliphatic carbocycles. The largest absolute Gasteiger partial charge is 0.379 e. The van der Waals surface area contributed by atoms with Gasteiger partial charge in [0.05, 0.1) is 15.7 Å². The number of nitrogens with zero attached hydrogens (tertiary/aromatic N) is 1. The van der Waals surface area contributed by atoms with Crippen molar-refractivity contribution in [2.24, 2.45) is 0 Å². The van der Waals surface area contributed by atoms with Crippen LogP contribution >= 0.6 is 27.5 Å². The number of aromatic nitrogens is 1. The normalized spacial score (nSPS) is 10.8. The van der Waals surface area contributed by atoms with Crippen molar-refractivity contribution in [3.8, 4) is 0 Å². The predicted octanol–water partition coefficient (Wildman–Crippen LogP) is 5.40. The van der Waals surface area contributed by atoms with E-state index in [1.165, 1.54) is 6.07 Å². The highest BCUT2D eigenvalue weighted by Crippen LogP contribution is 2.27. The zero-order chi connectivity index (χ0) is 14.8. The Morgan fingerprint density at radius 3 is 2.86 bits per heavy atom. The number of hydrogen-bond acceptors (Lipinski definition) is 2. The molecule has 0 fully saturated rings. The highest BCUT2D eigenvalue weighted by atomic mass is 79.9. The first-order valence-corrected chi connectivity index (χ1v) is 7.52. The molecule has 0 aliphatic heterocycles. The molecule has 0 spiro atoms. The van der Waals surface area contributed by atoms with Crippen molar-refractivity contribution in [1.82, 2.24) is 4.98 Å². The van der Waals surface area contributed by atoms with Crippen molar-refractivity contribution >= 4 is 44.1 Å². The van der Waals surface area contributed by atoms with E-state index in [0.717, 1.165) is 22.2 Å². The van der Waals surface area contributed by atoms with Crippen molar-refractivity contribution in [2.45, 2.75) is 6.54 Å². The summed E-state index contributed by atoms with van der Waals surface area (Å²) in [5, 5.41) is 4.87. The number of nitrogens with one attached hydrogen (secondary N) is 1. The lowest BCUT2D eigenvalue weighted by Crippen LogP contribution is -2.01. The minimum absolute atomic E-state index is 0.275. The van der Waals surface area contributed by atoms with E-state index >= 15 is 0 Å². The van der Waals surface area contributed by atoms with E-state index < -0.39 is 0 Å². The molecule has 0 bridgehead atoms. The van der Waals surface area contributed by atoms with Crippen molar-refractivity contribution in [1.29, 1.82) is 0 Å². The number of pyridine rings is 1. The fraction of sp³-hybridized carbons (Fsp3) is 0.0625. The van der Waals surface area contributed by atoms with Crippen LogP contribution in [-0.4, -0.2) is 4.98 Å². The van der Waals surface area contributed by atoms with Gasteiger partial charge in [-0.2, -0.15) is 0 Å². The zero-order valence-electron chi connectivity index (χ0n) is 10.9. The summed E-state index contributed by atoms with van der Waals surface area (Å²) >= 11 is 9.26. The van der Waals surface area contributed by atoms with Gasteiger partial charge in [0.15, 0.2) is 0 Å². The number of benzene rings is 2. The summed E-state index contributed by atoms with van der Waals surface area (Å²) < 4.78 is 14.0. The summed E-state index contributed by atoms with van der Waals surface area (Å²) in [6, 6.07) is 12.6. The maximum Gasteiger partial charge on any atom is 0.137 e. The second-order valence-electron chi connectivity index (χ2n) is 4.63. The number of hydrogen-bond donors (Lipinski definition) is 1. The van der Waals surface area contributed by atoms with E-state index in [0.29, 0.717) is 16.0 Å². The second kappa shape index (κ2) is 6.00. The molecule has 1 heterocycles. The van der Waals surface area contributed by atoms with Crippen molar-refractivity contribution in [2.75, 3.05) is 5.32 Å². The quantitative estimate of drug-likeness (QED) is 0.672. The predicted molar refractivity (Wildman–Crippen MR) is 88.2 cm³/mol. The first-order valence-electron chi connectivity index (χ1n) is 6.35. The van der Waals surface area contributed by atoms with Crippen LogP contribution in [0, 0.1) is 5.82 Å². The van der Waals surface area contributed by atoms with Crippen LogP contribution in [0.3, 0.4) is 0 Å². The van der Waals surface area contributed by atoms with Gasteiger partial charge < -0.3 is 5.32 Å². The Balaban J connectivity index is 1.89. The molecule has 2 nitrogen and oxygen atoms in total. The Kier molecular flexibility index (Phi) is 4.08. The van der Waals surface area contributed by atoms with Crippen LogP contribution in [0.5, 0.6) is 0 Å². The van der Waals surface area contributed by atoms with Crippen LogP contribution in [0.25, 0.3) is 10.9 Å². The molecular weight excluding hydrogens is 355 g/mol. The average Bonchev–Trinajstić information content (AvgIpc) is 2.48. The molecule has 2 aromatic carbocycles. The van der Waals surface area contributed by atoms with E-state index in [4.69, 9.17) is 11.6 Å². The van der Waals surface area contributed by atoms with Gasteiger partial charge >= 0.3 is 0 Å². The molecule has 0 saturated carbocycles. The summed E-state index contributed by atoms with van der Waals surface area (Å²) in [5.74, 6) is -0.275. The second-order valence-corrected chi connectivity index (χ2v) is 5.92. The first kappa shape index (κ1) is 14.3. The molecular formula is C16H11BrClFN2. The van der Waals surface area contributed by atoms with Crippen LogP contribution < -0.4 is 5.32 Å². The Labute approximate surface area is 135 Å². The average molecular weight is 366 g/mol. The molecule has 1 N–H and O–H groups in total. The van der Waals surface area contributed by atoms with E-state index in [1.807, 2.05) is 30.3 Å². The fourth-order valence-electron chi connectivity index (χ4n) is 2.14. The van der Waals surface area contributed by atoms with E-state index in [1.54, 1.807) is 12.3 Å². The zero-order valence-corrected chi connectivity index (χ0v) is 13.2. The molecule has 0 saturated heterocycles. The number of halogens is 3. The number of rotatable bonds is 3. The Morgan fingerprint density at radius 1 is 1.19 bits per heavy atom. The molecule has 0 atom stereocenters. The molecule has 1 aromatic heterocycles. The molecule has 3 rings (SSSR count). The highest BCUT2D eigenvalue weighted by Gasteiger charge is 2.05. The van der Waals surface area contributed by atoms with Gasteiger partial charge in [-0.25, -0.2) is 4.39 Å². The van der Waals surface area contributed by atoms with E-state index in [-0.39, 0.29) is 5.82 Å². The molecule has 0 amide bonds. The van der Waals surface area contributed by atoms with Gasteiger partial charge in [0.25, 0.3) is 0 Å². The van der Waals surface area contributed by atoms with E-state index in [9.17, 15) is 4.39 Å². The smallest absolute Gasteiger partial charge is 0.137 e. The van der Waals surface area contributed by atoms with Crippen LogP contribution in [0.2, 0.25) is 5.02 Å². The molecule has 0 radical (unpaired) electrons. The Hall–Kier alpha value is -1.65. The maximum atomic E-state index is 13.5. The minimum Gasteiger partial charge on any atom is -0.379 e. The minimum atomic E-state index is -0.275. The third-order valence-corrected chi connectivity index (χ3v) is 4.00. The monoisotopic (exact) mass is 364 g/mol. The van der Waals surface area contributed by atoms with Gasteiger partial charge in [-0.3, -0.25) is 4.98 Å². The van der Waals surface area contributed by atoms with Crippen molar-refractivity contribution in [3.63, 3.8) is 0 Å². The Bertz CT molecular complexity index is 807. The van der Waals surface area contributed by atoms with Crippen molar-refractivity contribution < 1.29 is 4.39 Å². The van der Waals surface area contributed by atoms with Gasteiger partial charge in [-0.15, -0.1) is 0 Å². The molecule has 106 valence electrons. The molecule has 3 aromatic rings. The van der Waals surface area contributed by atoms with Gasteiger partial charge in [0.1, 0.15) is 5.82 Å². The van der Waals surface area contributed by atoms with Gasteiger partial charge in [-0.05, 0) is 51.8 Å². The highest BCUT2D eigenvalue weighted by molar-refractivity contribution is 9.10. The topological polar surface area (TPSA) is 24.9 Å².